The Morgan fingerprint density at radius 2 is 2.09 bits per heavy atom. The summed E-state index contributed by atoms with van der Waals surface area (Å²) < 4.78 is 0. The summed E-state index contributed by atoms with van der Waals surface area (Å²) in [6.07, 6.45) is 6.32. The van der Waals surface area contributed by atoms with Crippen molar-refractivity contribution in [1.29, 1.82) is 0 Å². The van der Waals surface area contributed by atoms with Gasteiger partial charge in [-0.05, 0) is 26.2 Å². The van der Waals surface area contributed by atoms with E-state index in [-0.39, 0.29) is 17.8 Å². The molecule has 7 nitrogen and oxygen atoms in total. The molecular formula is C16H22N4O3. The SMILES string of the molecule is CC[C@]1(C)C(=O)N(C)c2cnc(C(=O)O)nc2N1C1CCCC1. The monoisotopic (exact) mass is 318 g/mol. The number of carbonyl (C=O) groups is 2. The highest BCUT2D eigenvalue weighted by Crippen LogP contribution is 2.43. The van der Waals surface area contributed by atoms with E-state index < -0.39 is 11.5 Å². The van der Waals surface area contributed by atoms with Crippen molar-refractivity contribution in [2.24, 2.45) is 0 Å². The van der Waals surface area contributed by atoms with Crippen molar-refractivity contribution in [3.8, 4) is 0 Å². The van der Waals surface area contributed by atoms with Crippen LogP contribution in [0.15, 0.2) is 6.20 Å². The fourth-order valence-electron chi connectivity index (χ4n) is 3.75. The van der Waals surface area contributed by atoms with E-state index >= 15 is 0 Å². The lowest BCUT2D eigenvalue weighted by atomic mass is 9.89. The molecule has 1 saturated carbocycles. The summed E-state index contributed by atoms with van der Waals surface area (Å²) in [5.41, 5.74) is -0.126. The molecule has 1 aromatic rings. The van der Waals surface area contributed by atoms with Crippen LogP contribution < -0.4 is 9.80 Å². The summed E-state index contributed by atoms with van der Waals surface area (Å²) in [7, 11) is 1.70. The van der Waals surface area contributed by atoms with Crippen LogP contribution in [0.1, 0.15) is 56.6 Å². The Morgan fingerprint density at radius 1 is 1.43 bits per heavy atom. The average molecular weight is 318 g/mol. The van der Waals surface area contributed by atoms with Gasteiger partial charge in [-0.2, -0.15) is 0 Å². The van der Waals surface area contributed by atoms with E-state index in [2.05, 4.69) is 14.9 Å². The number of likely N-dealkylation sites (N-methyl/N-ethyl adjacent to an activating group) is 1. The fourth-order valence-corrected chi connectivity index (χ4v) is 3.75. The molecule has 1 aromatic heterocycles. The highest BCUT2D eigenvalue weighted by molar-refractivity contribution is 6.07. The van der Waals surface area contributed by atoms with Crippen molar-refractivity contribution in [1.82, 2.24) is 9.97 Å². The maximum atomic E-state index is 12.9. The van der Waals surface area contributed by atoms with Crippen LogP contribution in [0.25, 0.3) is 0 Å². The molecule has 0 radical (unpaired) electrons. The van der Waals surface area contributed by atoms with Gasteiger partial charge in [0.1, 0.15) is 11.2 Å². The van der Waals surface area contributed by atoms with E-state index in [0.717, 1.165) is 25.7 Å². The zero-order valence-electron chi connectivity index (χ0n) is 13.7. The minimum absolute atomic E-state index is 0.00563. The number of hydrogen-bond donors (Lipinski definition) is 1. The van der Waals surface area contributed by atoms with Gasteiger partial charge in [-0.3, -0.25) is 4.79 Å². The van der Waals surface area contributed by atoms with E-state index in [1.54, 1.807) is 11.9 Å². The van der Waals surface area contributed by atoms with Crippen LogP contribution >= 0.6 is 0 Å². The predicted molar refractivity (Wildman–Crippen MR) is 85.8 cm³/mol. The Kier molecular flexibility index (Phi) is 3.74. The summed E-state index contributed by atoms with van der Waals surface area (Å²) in [4.78, 5) is 36.0. The summed E-state index contributed by atoms with van der Waals surface area (Å²) in [5.74, 6) is -0.813. The fraction of sp³-hybridized carbons (Fsp3) is 0.625. The number of fused-ring (bicyclic) bond motifs is 1. The first-order valence-corrected chi connectivity index (χ1v) is 8.08. The molecule has 1 amide bonds. The highest BCUT2D eigenvalue weighted by atomic mass is 16.4. The van der Waals surface area contributed by atoms with Crippen molar-refractivity contribution in [3.63, 3.8) is 0 Å². The number of amides is 1. The molecule has 2 aliphatic rings. The van der Waals surface area contributed by atoms with Gasteiger partial charge < -0.3 is 14.9 Å². The Hall–Kier alpha value is -2.18. The predicted octanol–water partition coefficient (Wildman–Crippen LogP) is 2.07. The largest absolute Gasteiger partial charge is 0.475 e. The van der Waals surface area contributed by atoms with Gasteiger partial charge in [-0.1, -0.05) is 19.8 Å². The van der Waals surface area contributed by atoms with Gasteiger partial charge in [0.15, 0.2) is 5.82 Å². The standard InChI is InChI=1S/C16H22N4O3/c1-4-16(2)15(23)19(3)11-9-17-12(14(21)22)18-13(11)20(16)10-7-5-6-8-10/h9-10H,4-8H2,1-3H3,(H,21,22)/t16-/m1/s1. The second-order valence-corrected chi connectivity index (χ2v) is 6.51. The number of carboxylic acids is 1. The zero-order chi connectivity index (χ0) is 16.8. The second kappa shape index (κ2) is 5.47. The quantitative estimate of drug-likeness (QED) is 0.918. The molecule has 1 atom stereocenters. The third-order valence-electron chi connectivity index (χ3n) is 5.21. The van der Waals surface area contributed by atoms with Crippen LogP contribution in [0.2, 0.25) is 0 Å². The first kappa shape index (κ1) is 15.7. The zero-order valence-corrected chi connectivity index (χ0v) is 13.7. The van der Waals surface area contributed by atoms with Crippen LogP contribution in [-0.4, -0.2) is 45.6 Å². The van der Waals surface area contributed by atoms with E-state index in [4.69, 9.17) is 0 Å². The lowest BCUT2D eigenvalue weighted by molar-refractivity contribution is -0.123. The van der Waals surface area contributed by atoms with Crippen LogP contribution in [0.5, 0.6) is 0 Å². The summed E-state index contributed by atoms with van der Waals surface area (Å²) in [5, 5.41) is 9.22. The number of nitrogens with zero attached hydrogens (tertiary/aromatic N) is 4. The lowest BCUT2D eigenvalue weighted by Crippen LogP contribution is -2.63. The molecule has 1 fully saturated rings. The Bertz CT molecular complexity index is 657. The first-order chi connectivity index (χ1) is 10.9. The summed E-state index contributed by atoms with van der Waals surface area (Å²) in [6.45, 7) is 3.91. The molecule has 1 N–H and O–H groups in total. The number of carbonyl (C=O) groups excluding carboxylic acids is 1. The molecule has 0 bridgehead atoms. The summed E-state index contributed by atoms with van der Waals surface area (Å²) >= 11 is 0. The number of carboxylic acid groups (broad SMARTS) is 1. The van der Waals surface area contributed by atoms with E-state index in [9.17, 15) is 14.7 Å². The molecule has 124 valence electrons. The number of hydrogen-bond acceptors (Lipinski definition) is 5. The van der Waals surface area contributed by atoms with Crippen LogP contribution in [0, 0.1) is 0 Å². The lowest BCUT2D eigenvalue weighted by Gasteiger charge is -2.50. The Labute approximate surface area is 135 Å². The van der Waals surface area contributed by atoms with E-state index in [0.29, 0.717) is 17.9 Å². The Morgan fingerprint density at radius 3 is 2.65 bits per heavy atom. The molecule has 3 rings (SSSR count). The average Bonchev–Trinajstić information content (AvgIpc) is 3.06. The van der Waals surface area contributed by atoms with Crippen molar-refractivity contribution in [3.05, 3.63) is 12.0 Å². The van der Waals surface area contributed by atoms with Gasteiger partial charge in [0.25, 0.3) is 5.91 Å². The number of aromatic nitrogens is 2. The smallest absolute Gasteiger partial charge is 0.374 e. The minimum atomic E-state index is -1.16. The van der Waals surface area contributed by atoms with Crippen molar-refractivity contribution in [2.75, 3.05) is 16.8 Å². The van der Waals surface area contributed by atoms with Gasteiger partial charge >= 0.3 is 5.97 Å². The van der Waals surface area contributed by atoms with Crippen LogP contribution in [-0.2, 0) is 4.79 Å². The van der Waals surface area contributed by atoms with Gasteiger partial charge in [0.2, 0.25) is 5.82 Å². The molecule has 0 aromatic carbocycles. The molecule has 23 heavy (non-hydrogen) atoms. The molecule has 0 unspecified atom stereocenters. The third-order valence-corrected chi connectivity index (χ3v) is 5.21. The highest BCUT2D eigenvalue weighted by Gasteiger charge is 2.49. The molecule has 1 aliphatic carbocycles. The molecule has 1 aliphatic heterocycles. The molecule has 2 heterocycles. The van der Waals surface area contributed by atoms with Gasteiger partial charge in [-0.25, -0.2) is 14.8 Å². The number of anilines is 2. The normalized spacial score (nSPS) is 24.9. The van der Waals surface area contributed by atoms with Crippen molar-refractivity contribution in [2.45, 2.75) is 57.5 Å². The topological polar surface area (TPSA) is 86.6 Å². The van der Waals surface area contributed by atoms with Gasteiger partial charge in [0, 0.05) is 13.1 Å². The molecule has 7 heteroatoms. The number of rotatable bonds is 3. The maximum absolute atomic E-state index is 12.9. The first-order valence-electron chi connectivity index (χ1n) is 8.08. The van der Waals surface area contributed by atoms with Crippen molar-refractivity contribution < 1.29 is 14.7 Å². The van der Waals surface area contributed by atoms with Gasteiger partial charge in [-0.15, -0.1) is 0 Å². The minimum Gasteiger partial charge on any atom is -0.475 e. The van der Waals surface area contributed by atoms with Crippen LogP contribution in [0.3, 0.4) is 0 Å². The maximum Gasteiger partial charge on any atom is 0.374 e. The van der Waals surface area contributed by atoms with E-state index in [1.807, 2.05) is 13.8 Å². The van der Waals surface area contributed by atoms with E-state index in [1.165, 1.54) is 6.20 Å². The van der Waals surface area contributed by atoms with Gasteiger partial charge in [0.05, 0.1) is 6.20 Å². The van der Waals surface area contributed by atoms with Crippen molar-refractivity contribution >= 4 is 23.4 Å². The third kappa shape index (κ3) is 2.26. The summed E-state index contributed by atoms with van der Waals surface area (Å²) in [6, 6.07) is 0.216. The number of aromatic carboxylic acids is 1. The van der Waals surface area contributed by atoms with Crippen LogP contribution in [0.4, 0.5) is 11.5 Å². The molecule has 0 spiro atoms. The molecule has 0 saturated heterocycles. The second-order valence-electron chi connectivity index (χ2n) is 6.51. The molecular weight excluding hydrogens is 296 g/mol. The Balaban J connectivity index is 2.20.